The summed E-state index contributed by atoms with van der Waals surface area (Å²) in [5.74, 6) is 1.03. The van der Waals surface area contributed by atoms with Crippen molar-refractivity contribution in [3.8, 4) is 0 Å². The van der Waals surface area contributed by atoms with Gasteiger partial charge in [-0.25, -0.2) is 0 Å². The zero-order valence-corrected chi connectivity index (χ0v) is 13.3. The van der Waals surface area contributed by atoms with Gasteiger partial charge in [0, 0.05) is 32.4 Å². The van der Waals surface area contributed by atoms with E-state index in [4.69, 9.17) is 4.52 Å². The van der Waals surface area contributed by atoms with Crippen molar-refractivity contribution in [2.24, 2.45) is 0 Å². The van der Waals surface area contributed by atoms with Gasteiger partial charge in [-0.15, -0.1) is 0 Å². The first kappa shape index (κ1) is 17.6. The minimum absolute atomic E-state index is 0.135. The van der Waals surface area contributed by atoms with Gasteiger partial charge in [-0.05, 0) is 27.4 Å². The Hall–Kier alpha value is -1.47. The lowest BCUT2D eigenvalue weighted by Crippen LogP contribution is -2.47. The van der Waals surface area contributed by atoms with Gasteiger partial charge in [-0.2, -0.15) is 4.98 Å². The number of hydrogen-bond donors (Lipinski definition) is 2. The van der Waals surface area contributed by atoms with Crippen LogP contribution >= 0.6 is 0 Å². The number of nitrogens with zero attached hydrogens (tertiary/aromatic N) is 3. The van der Waals surface area contributed by atoms with E-state index in [2.05, 4.69) is 15.5 Å². The number of aromatic nitrogens is 2. The summed E-state index contributed by atoms with van der Waals surface area (Å²) in [7, 11) is 3.75. The van der Waals surface area contributed by atoms with Crippen molar-refractivity contribution in [3.63, 3.8) is 0 Å². The molecule has 0 saturated carbocycles. The van der Waals surface area contributed by atoms with Crippen molar-refractivity contribution < 1.29 is 14.4 Å². The molecule has 1 unspecified atom stereocenters. The lowest BCUT2D eigenvalue weighted by atomic mass is 10.1. The molecule has 1 rings (SSSR count). The molecule has 1 heterocycles. The van der Waals surface area contributed by atoms with Crippen LogP contribution in [0.4, 0.5) is 0 Å². The van der Waals surface area contributed by atoms with E-state index in [1.54, 1.807) is 6.92 Å². The Kier molecular flexibility index (Phi) is 6.77. The van der Waals surface area contributed by atoms with Gasteiger partial charge >= 0.3 is 0 Å². The van der Waals surface area contributed by atoms with Crippen LogP contribution in [0.2, 0.25) is 0 Å². The molecule has 7 heteroatoms. The summed E-state index contributed by atoms with van der Waals surface area (Å²) in [6, 6.07) is 0. The maximum Gasteiger partial charge on any atom is 0.227 e. The van der Waals surface area contributed by atoms with Gasteiger partial charge in [0.2, 0.25) is 11.8 Å². The van der Waals surface area contributed by atoms with Crippen LogP contribution in [-0.2, 0) is 17.6 Å². The van der Waals surface area contributed by atoms with Gasteiger partial charge in [0.1, 0.15) is 0 Å². The number of aryl methyl sites for hydroxylation is 2. The molecule has 0 aliphatic rings. The first-order chi connectivity index (χ1) is 9.82. The van der Waals surface area contributed by atoms with E-state index in [9.17, 15) is 9.90 Å². The molecular formula is C14H26N4O3. The van der Waals surface area contributed by atoms with Crippen LogP contribution in [0.3, 0.4) is 0 Å². The molecule has 0 aliphatic carbocycles. The number of nitrogens with one attached hydrogen (secondary N) is 1. The molecule has 0 radical (unpaired) electrons. The zero-order valence-electron chi connectivity index (χ0n) is 13.3. The van der Waals surface area contributed by atoms with Crippen LogP contribution in [-0.4, -0.2) is 58.8 Å². The predicted molar refractivity (Wildman–Crippen MR) is 78.8 cm³/mol. The second-order valence-corrected chi connectivity index (χ2v) is 5.87. The van der Waals surface area contributed by atoms with Crippen molar-refractivity contribution >= 4 is 5.91 Å². The topological polar surface area (TPSA) is 91.5 Å². The van der Waals surface area contributed by atoms with Crippen molar-refractivity contribution in [2.45, 2.75) is 45.1 Å². The third kappa shape index (κ3) is 7.19. The molecule has 0 bridgehead atoms. The predicted octanol–water partition coefficient (Wildman–Crippen LogP) is 0.384. The summed E-state index contributed by atoms with van der Waals surface area (Å²) in [5.41, 5.74) is -0.946. The van der Waals surface area contributed by atoms with Crippen LogP contribution in [0.25, 0.3) is 0 Å². The maximum atomic E-state index is 11.8. The Labute approximate surface area is 125 Å². The molecule has 0 spiro atoms. The van der Waals surface area contributed by atoms with Crippen LogP contribution in [0.1, 0.15) is 38.4 Å². The van der Waals surface area contributed by atoms with Crippen LogP contribution < -0.4 is 5.32 Å². The highest BCUT2D eigenvalue weighted by Gasteiger charge is 2.22. The van der Waals surface area contributed by atoms with E-state index in [-0.39, 0.29) is 18.9 Å². The summed E-state index contributed by atoms with van der Waals surface area (Å²) in [5, 5.41) is 16.6. The molecule has 0 aromatic carbocycles. The highest BCUT2D eigenvalue weighted by Crippen LogP contribution is 2.05. The lowest BCUT2D eigenvalue weighted by molar-refractivity contribution is -0.122. The smallest absolute Gasteiger partial charge is 0.227 e. The number of hydrogen-bond acceptors (Lipinski definition) is 6. The average molecular weight is 298 g/mol. The highest BCUT2D eigenvalue weighted by molar-refractivity contribution is 5.76. The Morgan fingerprint density at radius 3 is 2.76 bits per heavy atom. The van der Waals surface area contributed by atoms with Crippen molar-refractivity contribution in [1.29, 1.82) is 0 Å². The van der Waals surface area contributed by atoms with E-state index in [1.807, 2.05) is 25.9 Å². The molecule has 2 N–H and O–H groups in total. The fraction of sp³-hybridized carbons (Fsp3) is 0.786. The third-order valence-corrected chi connectivity index (χ3v) is 2.87. The monoisotopic (exact) mass is 298 g/mol. The molecule has 0 fully saturated rings. The SMILES string of the molecule is CCCc1noc(CCC(=O)NCC(C)(O)CN(C)C)n1. The summed E-state index contributed by atoms with van der Waals surface area (Å²) < 4.78 is 5.07. The minimum atomic E-state index is -0.946. The van der Waals surface area contributed by atoms with Gasteiger partial charge in [-0.3, -0.25) is 4.79 Å². The van der Waals surface area contributed by atoms with E-state index in [0.717, 1.165) is 12.8 Å². The Balaban J connectivity index is 2.30. The van der Waals surface area contributed by atoms with E-state index < -0.39 is 5.60 Å². The maximum absolute atomic E-state index is 11.8. The van der Waals surface area contributed by atoms with E-state index >= 15 is 0 Å². The van der Waals surface area contributed by atoms with Gasteiger partial charge < -0.3 is 19.8 Å². The van der Waals surface area contributed by atoms with Gasteiger partial charge in [0.05, 0.1) is 5.60 Å². The number of rotatable bonds is 9. The molecule has 21 heavy (non-hydrogen) atoms. The van der Waals surface area contributed by atoms with E-state index in [0.29, 0.717) is 24.7 Å². The van der Waals surface area contributed by atoms with Crippen LogP contribution in [0, 0.1) is 0 Å². The van der Waals surface area contributed by atoms with E-state index in [1.165, 1.54) is 0 Å². The molecule has 7 nitrogen and oxygen atoms in total. The van der Waals surface area contributed by atoms with Gasteiger partial charge in [0.15, 0.2) is 5.82 Å². The summed E-state index contributed by atoms with van der Waals surface area (Å²) in [6.07, 6.45) is 2.42. The average Bonchev–Trinajstić information content (AvgIpc) is 2.81. The van der Waals surface area contributed by atoms with Crippen molar-refractivity contribution in [3.05, 3.63) is 11.7 Å². The number of carbonyl (C=O) groups is 1. The zero-order chi connectivity index (χ0) is 15.9. The second kappa shape index (κ2) is 8.09. The largest absolute Gasteiger partial charge is 0.387 e. The number of aliphatic hydroxyl groups is 1. The normalized spacial score (nSPS) is 14.2. The third-order valence-electron chi connectivity index (χ3n) is 2.87. The van der Waals surface area contributed by atoms with Gasteiger partial charge in [0.25, 0.3) is 0 Å². The molecule has 1 amide bonds. The van der Waals surface area contributed by atoms with Crippen LogP contribution in [0.5, 0.6) is 0 Å². The first-order valence-corrected chi connectivity index (χ1v) is 7.27. The molecule has 0 aliphatic heterocycles. The molecule has 1 aromatic heterocycles. The lowest BCUT2D eigenvalue weighted by Gasteiger charge is -2.27. The summed E-state index contributed by atoms with van der Waals surface area (Å²) >= 11 is 0. The summed E-state index contributed by atoms with van der Waals surface area (Å²) in [6.45, 7) is 4.44. The Bertz CT molecular complexity index is 443. The molecular weight excluding hydrogens is 272 g/mol. The highest BCUT2D eigenvalue weighted by atomic mass is 16.5. The minimum Gasteiger partial charge on any atom is -0.387 e. The molecule has 0 saturated heterocycles. The molecule has 1 aromatic rings. The Morgan fingerprint density at radius 2 is 2.14 bits per heavy atom. The quantitative estimate of drug-likeness (QED) is 0.685. The molecule has 1 atom stereocenters. The van der Waals surface area contributed by atoms with Gasteiger partial charge in [-0.1, -0.05) is 12.1 Å². The fourth-order valence-electron chi connectivity index (χ4n) is 2.05. The number of likely N-dealkylation sites (N-methyl/N-ethyl adjacent to an activating group) is 1. The standard InChI is InChI=1S/C14H26N4O3/c1-5-6-11-16-13(21-17-11)8-7-12(19)15-9-14(2,20)10-18(3)4/h20H,5-10H2,1-4H3,(H,15,19). The second-order valence-electron chi connectivity index (χ2n) is 5.87. The summed E-state index contributed by atoms with van der Waals surface area (Å²) in [4.78, 5) is 17.8. The van der Waals surface area contributed by atoms with Crippen molar-refractivity contribution in [1.82, 2.24) is 20.4 Å². The number of amides is 1. The number of carbonyl (C=O) groups excluding carboxylic acids is 1. The first-order valence-electron chi connectivity index (χ1n) is 7.27. The van der Waals surface area contributed by atoms with Crippen molar-refractivity contribution in [2.75, 3.05) is 27.2 Å². The molecule has 120 valence electrons. The Morgan fingerprint density at radius 1 is 1.43 bits per heavy atom. The van der Waals surface area contributed by atoms with Crippen LogP contribution in [0.15, 0.2) is 4.52 Å². The fourth-order valence-corrected chi connectivity index (χ4v) is 2.05.